The summed E-state index contributed by atoms with van der Waals surface area (Å²) in [6.45, 7) is 0. The summed E-state index contributed by atoms with van der Waals surface area (Å²) in [5.41, 5.74) is 3.82. The van der Waals surface area contributed by atoms with E-state index in [0.717, 1.165) is 0 Å². The van der Waals surface area contributed by atoms with Gasteiger partial charge in [-0.1, -0.05) is 30.3 Å². The molecule has 20 heavy (non-hydrogen) atoms. The lowest BCUT2D eigenvalue weighted by atomic mass is 10.1. The van der Waals surface area contributed by atoms with E-state index in [1.54, 1.807) is 36.4 Å². The van der Waals surface area contributed by atoms with Gasteiger partial charge in [0.25, 0.3) is 5.91 Å². The van der Waals surface area contributed by atoms with Crippen molar-refractivity contribution in [2.75, 3.05) is 0 Å². The van der Waals surface area contributed by atoms with Crippen LogP contribution in [-0.2, 0) is 0 Å². The summed E-state index contributed by atoms with van der Waals surface area (Å²) in [5, 5.41) is 12.6. The van der Waals surface area contributed by atoms with Gasteiger partial charge in [0.2, 0.25) is 0 Å². The highest BCUT2D eigenvalue weighted by atomic mass is 16.4. The summed E-state index contributed by atoms with van der Waals surface area (Å²) in [5.74, 6) is -1.28. The summed E-state index contributed by atoms with van der Waals surface area (Å²) in [4.78, 5) is 22.4. The number of aromatic carboxylic acids is 1. The van der Waals surface area contributed by atoms with Crippen LogP contribution in [0.4, 0.5) is 0 Å². The molecule has 0 bridgehead atoms. The predicted octanol–water partition coefficient (Wildman–Crippen LogP) is 2.15. The molecular weight excluding hydrogens is 256 g/mol. The molecular formula is C15H12N2O3. The highest BCUT2D eigenvalue weighted by Gasteiger charge is 2.02. The minimum atomic E-state index is -0.981. The van der Waals surface area contributed by atoms with Crippen LogP contribution in [0.25, 0.3) is 0 Å². The molecule has 1 amide bonds. The van der Waals surface area contributed by atoms with Crippen LogP contribution >= 0.6 is 0 Å². The summed E-state index contributed by atoms with van der Waals surface area (Å²) < 4.78 is 0. The first-order valence-corrected chi connectivity index (χ1v) is 5.88. The van der Waals surface area contributed by atoms with Crippen LogP contribution in [0.5, 0.6) is 0 Å². The van der Waals surface area contributed by atoms with E-state index in [9.17, 15) is 9.59 Å². The second-order valence-corrected chi connectivity index (χ2v) is 3.99. The van der Waals surface area contributed by atoms with Crippen molar-refractivity contribution in [1.29, 1.82) is 0 Å². The molecule has 0 saturated carbocycles. The summed E-state index contributed by atoms with van der Waals surface area (Å²) >= 11 is 0. The number of rotatable bonds is 4. The van der Waals surface area contributed by atoms with Crippen molar-refractivity contribution in [3.8, 4) is 0 Å². The number of carbonyl (C=O) groups excluding carboxylic acids is 1. The average molecular weight is 268 g/mol. The molecule has 0 fully saturated rings. The first kappa shape index (κ1) is 13.5. The minimum absolute atomic E-state index is 0.204. The van der Waals surface area contributed by atoms with Crippen LogP contribution in [0.15, 0.2) is 59.7 Å². The summed E-state index contributed by atoms with van der Waals surface area (Å²) in [6, 6.07) is 14.9. The van der Waals surface area contributed by atoms with Crippen LogP contribution in [0.2, 0.25) is 0 Å². The zero-order chi connectivity index (χ0) is 14.4. The van der Waals surface area contributed by atoms with Crippen molar-refractivity contribution in [3.63, 3.8) is 0 Å². The van der Waals surface area contributed by atoms with E-state index in [1.165, 1.54) is 18.3 Å². The van der Waals surface area contributed by atoms with Crippen LogP contribution < -0.4 is 5.43 Å². The Morgan fingerprint density at radius 2 is 1.60 bits per heavy atom. The first-order chi connectivity index (χ1) is 9.66. The van der Waals surface area contributed by atoms with Crippen molar-refractivity contribution in [1.82, 2.24) is 5.43 Å². The number of hydrogen-bond donors (Lipinski definition) is 2. The molecule has 0 unspecified atom stereocenters. The molecule has 0 heterocycles. The van der Waals surface area contributed by atoms with Crippen molar-refractivity contribution in [2.45, 2.75) is 0 Å². The molecule has 0 radical (unpaired) electrons. The lowest BCUT2D eigenvalue weighted by molar-refractivity contribution is 0.0696. The Kier molecular flexibility index (Phi) is 4.24. The fraction of sp³-hybridized carbons (Fsp3) is 0. The predicted molar refractivity (Wildman–Crippen MR) is 74.9 cm³/mol. The van der Waals surface area contributed by atoms with Gasteiger partial charge < -0.3 is 5.11 Å². The van der Waals surface area contributed by atoms with Crippen LogP contribution in [-0.4, -0.2) is 23.2 Å². The first-order valence-electron chi connectivity index (χ1n) is 5.88. The van der Waals surface area contributed by atoms with Gasteiger partial charge in [-0.2, -0.15) is 5.10 Å². The second kappa shape index (κ2) is 6.29. The van der Waals surface area contributed by atoms with Gasteiger partial charge in [-0.3, -0.25) is 4.79 Å². The van der Waals surface area contributed by atoms with Gasteiger partial charge in [-0.15, -0.1) is 0 Å². The van der Waals surface area contributed by atoms with Crippen molar-refractivity contribution < 1.29 is 14.7 Å². The van der Waals surface area contributed by atoms with E-state index >= 15 is 0 Å². The Morgan fingerprint density at radius 1 is 0.950 bits per heavy atom. The zero-order valence-electron chi connectivity index (χ0n) is 10.5. The molecule has 0 aliphatic heterocycles. The largest absolute Gasteiger partial charge is 0.478 e. The minimum Gasteiger partial charge on any atom is -0.478 e. The fourth-order valence-corrected chi connectivity index (χ4v) is 1.53. The number of amides is 1. The van der Waals surface area contributed by atoms with E-state index in [4.69, 9.17) is 5.11 Å². The standard InChI is InChI=1S/C15H12N2O3/c18-14(12-4-2-1-3-5-12)17-16-10-11-6-8-13(9-7-11)15(19)20/h1-10H,(H,17,18)(H,19,20). The molecule has 100 valence electrons. The van der Waals surface area contributed by atoms with Gasteiger partial charge in [-0.05, 0) is 29.8 Å². The van der Waals surface area contributed by atoms with Crippen molar-refractivity contribution in [3.05, 3.63) is 71.3 Å². The van der Waals surface area contributed by atoms with Gasteiger partial charge in [0.05, 0.1) is 11.8 Å². The molecule has 0 aromatic heterocycles. The Morgan fingerprint density at radius 3 is 2.20 bits per heavy atom. The zero-order valence-corrected chi connectivity index (χ0v) is 10.5. The third-order valence-electron chi connectivity index (χ3n) is 2.57. The number of carbonyl (C=O) groups is 2. The van der Waals surface area contributed by atoms with E-state index < -0.39 is 5.97 Å². The maximum atomic E-state index is 11.7. The van der Waals surface area contributed by atoms with Crippen LogP contribution in [0.1, 0.15) is 26.3 Å². The second-order valence-electron chi connectivity index (χ2n) is 3.99. The quantitative estimate of drug-likeness (QED) is 0.658. The molecule has 2 rings (SSSR count). The van der Waals surface area contributed by atoms with E-state index in [0.29, 0.717) is 11.1 Å². The maximum absolute atomic E-state index is 11.7. The lowest BCUT2D eigenvalue weighted by Gasteiger charge is -1.99. The molecule has 2 aromatic rings. The highest BCUT2D eigenvalue weighted by molar-refractivity contribution is 5.95. The molecule has 0 aliphatic carbocycles. The summed E-state index contributed by atoms with van der Waals surface area (Å²) in [7, 11) is 0. The number of nitrogens with zero attached hydrogens (tertiary/aromatic N) is 1. The van der Waals surface area contributed by atoms with Gasteiger partial charge >= 0.3 is 5.97 Å². The molecule has 5 heteroatoms. The number of nitrogens with one attached hydrogen (secondary N) is 1. The van der Waals surface area contributed by atoms with Gasteiger partial charge in [0, 0.05) is 5.56 Å². The van der Waals surface area contributed by atoms with Crippen LogP contribution in [0.3, 0.4) is 0 Å². The van der Waals surface area contributed by atoms with Gasteiger partial charge in [0.1, 0.15) is 0 Å². The summed E-state index contributed by atoms with van der Waals surface area (Å²) in [6.07, 6.45) is 1.45. The smallest absolute Gasteiger partial charge is 0.335 e. The van der Waals surface area contributed by atoms with Crippen LogP contribution in [0, 0.1) is 0 Å². The number of hydrogen-bond acceptors (Lipinski definition) is 3. The highest BCUT2D eigenvalue weighted by Crippen LogP contribution is 2.02. The average Bonchev–Trinajstić information content (AvgIpc) is 2.48. The molecule has 0 spiro atoms. The Balaban J connectivity index is 1.96. The molecule has 0 saturated heterocycles. The topological polar surface area (TPSA) is 78.8 Å². The van der Waals surface area contributed by atoms with Crippen molar-refractivity contribution in [2.24, 2.45) is 5.10 Å². The number of carboxylic acid groups (broad SMARTS) is 1. The molecule has 2 N–H and O–H groups in total. The number of carboxylic acids is 1. The van der Waals surface area contributed by atoms with Crippen molar-refractivity contribution >= 4 is 18.1 Å². The lowest BCUT2D eigenvalue weighted by Crippen LogP contribution is -2.17. The van der Waals surface area contributed by atoms with E-state index in [-0.39, 0.29) is 11.5 Å². The molecule has 5 nitrogen and oxygen atoms in total. The Bertz CT molecular complexity index is 634. The molecule has 0 aliphatic rings. The van der Waals surface area contributed by atoms with Gasteiger partial charge in [-0.25, -0.2) is 10.2 Å². The fourth-order valence-electron chi connectivity index (χ4n) is 1.53. The van der Waals surface area contributed by atoms with E-state index in [2.05, 4.69) is 10.5 Å². The third-order valence-corrected chi connectivity index (χ3v) is 2.57. The van der Waals surface area contributed by atoms with E-state index in [1.807, 2.05) is 6.07 Å². The number of benzene rings is 2. The Hall–Kier alpha value is -2.95. The SMILES string of the molecule is O=C(O)c1ccc(C=NNC(=O)c2ccccc2)cc1. The van der Waals surface area contributed by atoms with Gasteiger partial charge in [0.15, 0.2) is 0 Å². The molecule has 2 aromatic carbocycles. The number of hydrazone groups is 1. The normalized spacial score (nSPS) is 10.4. The maximum Gasteiger partial charge on any atom is 0.335 e. The third kappa shape index (κ3) is 3.52. The molecule has 0 atom stereocenters. The Labute approximate surface area is 115 Å². The monoisotopic (exact) mass is 268 g/mol.